The van der Waals surface area contributed by atoms with Crippen molar-refractivity contribution in [3.63, 3.8) is 0 Å². The lowest BCUT2D eigenvalue weighted by atomic mass is 9.99. The first-order chi connectivity index (χ1) is 7.66. The fourth-order valence-electron chi connectivity index (χ4n) is 2.13. The topological polar surface area (TPSA) is 3.24 Å². The van der Waals surface area contributed by atoms with Crippen molar-refractivity contribution in [3.8, 4) is 0 Å². The van der Waals surface area contributed by atoms with E-state index >= 15 is 0 Å². The van der Waals surface area contributed by atoms with Crippen LogP contribution in [0.25, 0.3) is 0 Å². The largest absolute Gasteiger partial charge is 0.299 e. The summed E-state index contributed by atoms with van der Waals surface area (Å²) in [4.78, 5) is 2.51. The Labute approximate surface area is 111 Å². The van der Waals surface area contributed by atoms with Crippen LogP contribution < -0.4 is 0 Å². The lowest BCUT2D eigenvalue weighted by molar-refractivity contribution is 0.185. The number of halogens is 2. The quantitative estimate of drug-likeness (QED) is 0.786. The molecule has 0 radical (unpaired) electrons. The zero-order valence-corrected chi connectivity index (χ0v) is 11.9. The average Bonchev–Trinajstić information content (AvgIpc) is 2.28. The van der Waals surface area contributed by atoms with Crippen molar-refractivity contribution in [2.24, 2.45) is 5.92 Å². The standard InChI is InChI=1S/C13H17BrClN/c1-10-5-7-16(8-6-10)9-11-3-2-4-12(15)13(11)14/h2-4,10H,5-9H2,1H3. The summed E-state index contributed by atoms with van der Waals surface area (Å²) in [6, 6.07) is 6.09. The molecule has 88 valence electrons. The normalized spacial score (nSPS) is 18.9. The van der Waals surface area contributed by atoms with E-state index < -0.39 is 0 Å². The Balaban J connectivity index is 2.01. The van der Waals surface area contributed by atoms with Crippen LogP contribution in [0.5, 0.6) is 0 Å². The Bertz CT molecular complexity index is 359. The molecule has 0 atom stereocenters. The van der Waals surface area contributed by atoms with Crippen LogP contribution in [0.15, 0.2) is 22.7 Å². The maximum absolute atomic E-state index is 6.09. The second-order valence-corrected chi connectivity index (χ2v) is 5.87. The Morgan fingerprint density at radius 3 is 2.75 bits per heavy atom. The summed E-state index contributed by atoms with van der Waals surface area (Å²) >= 11 is 9.65. The number of piperidine rings is 1. The monoisotopic (exact) mass is 301 g/mol. The van der Waals surface area contributed by atoms with E-state index in [1.807, 2.05) is 12.1 Å². The van der Waals surface area contributed by atoms with Crippen molar-refractivity contribution >= 4 is 27.5 Å². The zero-order valence-electron chi connectivity index (χ0n) is 9.55. The third-order valence-corrected chi connectivity index (χ3v) is 4.78. The first kappa shape index (κ1) is 12.4. The summed E-state index contributed by atoms with van der Waals surface area (Å²) in [5, 5.41) is 0.808. The van der Waals surface area contributed by atoms with E-state index in [-0.39, 0.29) is 0 Å². The van der Waals surface area contributed by atoms with Crippen molar-refractivity contribution < 1.29 is 0 Å². The van der Waals surface area contributed by atoms with Gasteiger partial charge >= 0.3 is 0 Å². The van der Waals surface area contributed by atoms with Crippen LogP contribution in [0, 0.1) is 5.92 Å². The summed E-state index contributed by atoms with van der Waals surface area (Å²) in [6.45, 7) is 5.76. The molecule has 2 rings (SSSR count). The van der Waals surface area contributed by atoms with Gasteiger partial charge in [-0.05, 0) is 59.4 Å². The number of rotatable bonds is 2. The summed E-state index contributed by atoms with van der Waals surface area (Å²) < 4.78 is 1.05. The summed E-state index contributed by atoms with van der Waals surface area (Å²) in [5.74, 6) is 0.888. The first-order valence-electron chi connectivity index (χ1n) is 5.82. The van der Waals surface area contributed by atoms with Crippen LogP contribution in [-0.4, -0.2) is 18.0 Å². The second-order valence-electron chi connectivity index (χ2n) is 4.67. The van der Waals surface area contributed by atoms with E-state index in [0.717, 1.165) is 22.0 Å². The molecule has 0 aromatic heterocycles. The van der Waals surface area contributed by atoms with Gasteiger partial charge in [0.15, 0.2) is 0 Å². The van der Waals surface area contributed by atoms with Crippen molar-refractivity contribution in [3.05, 3.63) is 33.3 Å². The number of hydrogen-bond acceptors (Lipinski definition) is 1. The van der Waals surface area contributed by atoms with Crippen molar-refractivity contribution in [2.75, 3.05) is 13.1 Å². The molecule has 1 heterocycles. The van der Waals surface area contributed by atoms with E-state index in [1.54, 1.807) is 0 Å². The lowest BCUT2D eigenvalue weighted by Crippen LogP contribution is -2.32. The van der Waals surface area contributed by atoms with Crippen LogP contribution in [-0.2, 0) is 6.54 Å². The van der Waals surface area contributed by atoms with Gasteiger partial charge in [0, 0.05) is 11.0 Å². The second kappa shape index (κ2) is 5.52. The Morgan fingerprint density at radius 1 is 1.38 bits per heavy atom. The fraction of sp³-hybridized carbons (Fsp3) is 0.538. The predicted octanol–water partition coefficient (Wildman–Crippen LogP) is 4.33. The van der Waals surface area contributed by atoms with Crippen molar-refractivity contribution in [1.29, 1.82) is 0 Å². The summed E-state index contributed by atoms with van der Waals surface area (Å²) in [6.07, 6.45) is 2.64. The van der Waals surface area contributed by atoms with E-state index in [9.17, 15) is 0 Å². The number of hydrogen-bond donors (Lipinski definition) is 0. The minimum atomic E-state index is 0.808. The average molecular weight is 303 g/mol. The van der Waals surface area contributed by atoms with Gasteiger partial charge in [0.25, 0.3) is 0 Å². The fourth-order valence-corrected chi connectivity index (χ4v) is 2.72. The van der Waals surface area contributed by atoms with E-state index in [2.05, 4.69) is 33.8 Å². The first-order valence-corrected chi connectivity index (χ1v) is 6.99. The third kappa shape index (κ3) is 2.99. The highest BCUT2D eigenvalue weighted by molar-refractivity contribution is 9.10. The summed E-state index contributed by atoms with van der Waals surface area (Å²) in [7, 11) is 0. The maximum atomic E-state index is 6.09. The predicted molar refractivity (Wildman–Crippen MR) is 72.8 cm³/mol. The van der Waals surface area contributed by atoms with Crippen molar-refractivity contribution in [2.45, 2.75) is 26.3 Å². The molecule has 1 aromatic carbocycles. The molecule has 0 spiro atoms. The van der Waals surface area contributed by atoms with Gasteiger partial charge in [-0.1, -0.05) is 30.7 Å². The molecular weight excluding hydrogens is 286 g/mol. The highest BCUT2D eigenvalue weighted by Crippen LogP contribution is 2.28. The highest BCUT2D eigenvalue weighted by Gasteiger charge is 2.16. The molecule has 0 saturated carbocycles. The molecule has 0 bridgehead atoms. The Kier molecular flexibility index (Phi) is 4.28. The smallest absolute Gasteiger partial charge is 0.0551 e. The zero-order chi connectivity index (χ0) is 11.5. The maximum Gasteiger partial charge on any atom is 0.0551 e. The van der Waals surface area contributed by atoms with E-state index in [0.29, 0.717) is 0 Å². The summed E-state index contributed by atoms with van der Waals surface area (Å²) in [5.41, 5.74) is 1.29. The van der Waals surface area contributed by atoms with Crippen LogP contribution in [0.1, 0.15) is 25.3 Å². The number of nitrogens with zero attached hydrogens (tertiary/aromatic N) is 1. The van der Waals surface area contributed by atoms with Crippen molar-refractivity contribution in [1.82, 2.24) is 4.90 Å². The van der Waals surface area contributed by atoms with E-state index in [4.69, 9.17) is 11.6 Å². The van der Waals surface area contributed by atoms with Gasteiger partial charge < -0.3 is 0 Å². The van der Waals surface area contributed by atoms with Crippen LogP contribution in [0.2, 0.25) is 5.02 Å². The molecule has 16 heavy (non-hydrogen) atoms. The molecule has 1 saturated heterocycles. The molecule has 3 heteroatoms. The van der Waals surface area contributed by atoms with Gasteiger partial charge in [0.05, 0.1) is 5.02 Å². The Morgan fingerprint density at radius 2 is 2.06 bits per heavy atom. The number of benzene rings is 1. The van der Waals surface area contributed by atoms with Gasteiger partial charge in [-0.3, -0.25) is 4.90 Å². The molecule has 1 aliphatic rings. The molecule has 0 N–H and O–H groups in total. The van der Waals surface area contributed by atoms with Gasteiger partial charge in [-0.2, -0.15) is 0 Å². The van der Waals surface area contributed by atoms with Gasteiger partial charge in [-0.15, -0.1) is 0 Å². The minimum absolute atomic E-state index is 0.808. The lowest BCUT2D eigenvalue weighted by Gasteiger charge is -2.30. The van der Waals surface area contributed by atoms with Crippen LogP contribution >= 0.6 is 27.5 Å². The van der Waals surface area contributed by atoms with Crippen LogP contribution in [0.3, 0.4) is 0 Å². The molecule has 1 fully saturated rings. The SMILES string of the molecule is CC1CCN(Cc2cccc(Cl)c2Br)CC1. The van der Waals surface area contributed by atoms with Crippen LogP contribution in [0.4, 0.5) is 0 Å². The Hall–Kier alpha value is -0.0500. The molecule has 1 aromatic rings. The molecule has 0 aliphatic carbocycles. The molecule has 1 nitrogen and oxygen atoms in total. The minimum Gasteiger partial charge on any atom is -0.299 e. The van der Waals surface area contributed by atoms with E-state index in [1.165, 1.54) is 31.5 Å². The van der Waals surface area contributed by atoms with Gasteiger partial charge in [-0.25, -0.2) is 0 Å². The van der Waals surface area contributed by atoms with Gasteiger partial charge in [0.1, 0.15) is 0 Å². The molecule has 1 aliphatic heterocycles. The van der Waals surface area contributed by atoms with Gasteiger partial charge in [0.2, 0.25) is 0 Å². The number of likely N-dealkylation sites (tertiary alicyclic amines) is 1. The molecule has 0 unspecified atom stereocenters. The molecule has 0 amide bonds. The molecular formula is C13H17BrClN. The third-order valence-electron chi connectivity index (χ3n) is 3.30. The highest BCUT2D eigenvalue weighted by atomic mass is 79.9.